The lowest BCUT2D eigenvalue weighted by atomic mass is 10.1. The summed E-state index contributed by atoms with van der Waals surface area (Å²) in [5.41, 5.74) is 3.71. The molecular formula is C17H15NO2. The molecule has 3 rings (SSSR count). The van der Waals surface area contributed by atoms with E-state index in [9.17, 15) is 4.79 Å². The van der Waals surface area contributed by atoms with E-state index >= 15 is 0 Å². The SMILES string of the molecule is COc1ccc2c(c1)c(C=O)c(C)n2-c1ccccc1. The zero-order chi connectivity index (χ0) is 14.1. The fourth-order valence-corrected chi connectivity index (χ4v) is 2.61. The van der Waals surface area contributed by atoms with Crippen molar-refractivity contribution in [3.8, 4) is 11.4 Å². The maximum absolute atomic E-state index is 11.4. The van der Waals surface area contributed by atoms with E-state index in [0.717, 1.165) is 34.3 Å². The number of hydrogen-bond acceptors (Lipinski definition) is 2. The molecule has 1 heterocycles. The van der Waals surface area contributed by atoms with E-state index in [-0.39, 0.29) is 0 Å². The van der Waals surface area contributed by atoms with E-state index < -0.39 is 0 Å². The van der Waals surface area contributed by atoms with Gasteiger partial charge in [0, 0.05) is 22.3 Å². The Morgan fingerprint density at radius 2 is 1.85 bits per heavy atom. The van der Waals surface area contributed by atoms with Gasteiger partial charge < -0.3 is 9.30 Å². The molecule has 0 aliphatic carbocycles. The molecule has 3 aromatic rings. The first-order chi connectivity index (χ1) is 9.76. The number of aromatic nitrogens is 1. The molecule has 0 spiro atoms. The molecule has 2 aromatic carbocycles. The normalized spacial score (nSPS) is 10.7. The van der Waals surface area contributed by atoms with Crippen LogP contribution in [0.2, 0.25) is 0 Å². The number of methoxy groups -OCH3 is 1. The molecule has 3 nitrogen and oxygen atoms in total. The Labute approximate surface area is 117 Å². The number of carbonyl (C=O) groups is 1. The van der Waals surface area contributed by atoms with Gasteiger partial charge in [0.05, 0.1) is 12.6 Å². The zero-order valence-electron chi connectivity index (χ0n) is 11.5. The van der Waals surface area contributed by atoms with Gasteiger partial charge in [-0.25, -0.2) is 0 Å². The third kappa shape index (κ3) is 1.79. The number of rotatable bonds is 3. The van der Waals surface area contributed by atoms with Gasteiger partial charge in [0.1, 0.15) is 5.75 Å². The van der Waals surface area contributed by atoms with Crippen LogP contribution in [-0.2, 0) is 0 Å². The second kappa shape index (κ2) is 4.85. The third-order valence-electron chi connectivity index (χ3n) is 3.59. The highest BCUT2D eigenvalue weighted by Crippen LogP contribution is 2.30. The van der Waals surface area contributed by atoms with Gasteiger partial charge in [0.2, 0.25) is 0 Å². The van der Waals surface area contributed by atoms with Crippen molar-refractivity contribution in [3.05, 3.63) is 59.8 Å². The fraction of sp³-hybridized carbons (Fsp3) is 0.118. The summed E-state index contributed by atoms with van der Waals surface area (Å²) in [6.45, 7) is 1.96. The molecule has 1 aromatic heterocycles. The first-order valence-electron chi connectivity index (χ1n) is 6.46. The Morgan fingerprint density at radius 3 is 2.50 bits per heavy atom. The molecule has 0 aliphatic heterocycles. The molecule has 3 heteroatoms. The van der Waals surface area contributed by atoms with Gasteiger partial charge in [-0.2, -0.15) is 0 Å². The number of aldehydes is 1. The van der Waals surface area contributed by atoms with Crippen molar-refractivity contribution in [2.45, 2.75) is 6.92 Å². The van der Waals surface area contributed by atoms with Crippen molar-refractivity contribution >= 4 is 17.2 Å². The first-order valence-corrected chi connectivity index (χ1v) is 6.46. The van der Waals surface area contributed by atoms with Crippen molar-refractivity contribution in [3.63, 3.8) is 0 Å². The minimum absolute atomic E-state index is 0.711. The Kier molecular flexibility index (Phi) is 3.03. The van der Waals surface area contributed by atoms with Crippen molar-refractivity contribution < 1.29 is 9.53 Å². The summed E-state index contributed by atoms with van der Waals surface area (Å²) in [6, 6.07) is 15.8. The molecule has 0 amide bonds. The Morgan fingerprint density at radius 1 is 1.10 bits per heavy atom. The molecule has 0 fully saturated rings. The molecule has 0 saturated carbocycles. The van der Waals surface area contributed by atoms with Gasteiger partial charge >= 0.3 is 0 Å². The molecule has 0 unspecified atom stereocenters. The summed E-state index contributed by atoms with van der Waals surface area (Å²) in [7, 11) is 1.63. The zero-order valence-corrected chi connectivity index (χ0v) is 11.5. The molecule has 0 bridgehead atoms. The number of ether oxygens (including phenoxy) is 1. The van der Waals surface area contributed by atoms with Crippen molar-refractivity contribution in [2.75, 3.05) is 7.11 Å². The van der Waals surface area contributed by atoms with Crippen LogP contribution in [0.1, 0.15) is 16.1 Å². The monoisotopic (exact) mass is 265 g/mol. The average molecular weight is 265 g/mol. The van der Waals surface area contributed by atoms with Crippen LogP contribution in [0, 0.1) is 6.92 Å². The fourth-order valence-electron chi connectivity index (χ4n) is 2.61. The van der Waals surface area contributed by atoms with E-state index in [1.54, 1.807) is 7.11 Å². The van der Waals surface area contributed by atoms with Crippen LogP contribution < -0.4 is 4.74 Å². The summed E-state index contributed by atoms with van der Waals surface area (Å²) in [4.78, 5) is 11.4. The Bertz CT molecular complexity index is 773. The van der Waals surface area contributed by atoms with Gasteiger partial charge in [-0.3, -0.25) is 4.79 Å². The predicted molar refractivity (Wildman–Crippen MR) is 80.0 cm³/mol. The lowest BCUT2D eigenvalue weighted by molar-refractivity contribution is 0.112. The van der Waals surface area contributed by atoms with E-state index in [2.05, 4.69) is 4.57 Å². The van der Waals surface area contributed by atoms with E-state index in [1.807, 2.05) is 55.5 Å². The number of fused-ring (bicyclic) bond motifs is 1. The Balaban J connectivity index is 2.38. The highest BCUT2D eigenvalue weighted by Gasteiger charge is 2.15. The topological polar surface area (TPSA) is 31.2 Å². The summed E-state index contributed by atoms with van der Waals surface area (Å²) in [5, 5.41) is 0.917. The van der Waals surface area contributed by atoms with Gasteiger partial charge in [0.15, 0.2) is 6.29 Å². The first kappa shape index (κ1) is 12.5. The van der Waals surface area contributed by atoms with Crippen LogP contribution >= 0.6 is 0 Å². The van der Waals surface area contributed by atoms with Crippen molar-refractivity contribution in [2.24, 2.45) is 0 Å². The van der Waals surface area contributed by atoms with E-state index in [1.165, 1.54) is 0 Å². The molecule has 0 radical (unpaired) electrons. The number of carbonyl (C=O) groups excluding carboxylic acids is 1. The van der Waals surface area contributed by atoms with Crippen LogP contribution in [0.4, 0.5) is 0 Å². The van der Waals surface area contributed by atoms with Gasteiger partial charge in [-0.1, -0.05) is 18.2 Å². The smallest absolute Gasteiger partial charge is 0.152 e. The molecule has 0 aliphatic rings. The second-order valence-electron chi connectivity index (χ2n) is 4.67. The molecule has 100 valence electrons. The van der Waals surface area contributed by atoms with Crippen LogP contribution in [0.3, 0.4) is 0 Å². The molecule has 20 heavy (non-hydrogen) atoms. The largest absolute Gasteiger partial charge is 0.497 e. The summed E-state index contributed by atoms with van der Waals surface area (Å²) in [5.74, 6) is 0.755. The van der Waals surface area contributed by atoms with Crippen LogP contribution in [0.15, 0.2) is 48.5 Å². The number of benzene rings is 2. The van der Waals surface area contributed by atoms with E-state index in [4.69, 9.17) is 4.74 Å². The Hall–Kier alpha value is -2.55. The quantitative estimate of drug-likeness (QED) is 0.675. The maximum Gasteiger partial charge on any atom is 0.152 e. The highest BCUT2D eigenvalue weighted by atomic mass is 16.5. The minimum atomic E-state index is 0.711. The lowest BCUT2D eigenvalue weighted by Crippen LogP contribution is -1.96. The average Bonchev–Trinajstić information content (AvgIpc) is 2.78. The molecule has 0 atom stereocenters. The number of para-hydroxylation sites is 1. The second-order valence-corrected chi connectivity index (χ2v) is 4.67. The van der Waals surface area contributed by atoms with Gasteiger partial charge in [-0.15, -0.1) is 0 Å². The molecule has 0 N–H and O–H groups in total. The predicted octanol–water partition coefficient (Wildman–Crippen LogP) is 3.76. The van der Waals surface area contributed by atoms with Crippen molar-refractivity contribution in [1.82, 2.24) is 4.57 Å². The minimum Gasteiger partial charge on any atom is -0.497 e. The summed E-state index contributed by atoms with van der Waals surface area (Å²) >= 11 is 0. The maximum atomic E-state index is 11.4. The summed E-state index contributed by atoms with van der Waals surface area (Å²) < 4.78 is 7.35. The molecule has 0 saturated heterocycles. The van der Waals surface area contributed by atoms with Gasteiger partial charge in [0.25, 0.3) is 0 Å². The number of hydrogen-bond donors (Lipinski definition) is 0. The standard InChI is InChI=1S/C17H15NO2/c1-12-16(11-19)15-10-14(20-2)8-9-17(15)18(12)13-6-4-3-5-7-13/h3-11H,1-2H3. The van der Waals surface area contributed by atoms with Gasteiger partial charge in [-0.05, 0) is 37.3 Å². The third-order valence-corrected chi connectivity index (χ3v) is 3.59. The van der Waals surface area contributed by atoms with Crippen molar-refractivity contribution in [1.29, 1.82) is 0 Å². The number of nitrogens with zero attached hydrogens (tertiary/aromatic N) is 1. The van der Waals surface area contributed by atoms with Crippen LogP contribution in [0.5, 0.6) is 5.75 Å². The highest BCUT2D eigenvalue weighted by molar-refractivity contribution is 6.00. The van der Waals surface area contributed by atoms with Crippen LogP contribution in [-0.4, -0.2) is 18.0 Å². The lowest BCUT2D eigenvalue weighted by Gasteiger charge is -2.08. The molecular weight excluding hydrogens is 250 g/mol. The van der Waals surface area contributed by atoms with E-state index in [0.29, 0.717) is 5.56 Å². The van der Waals surface area contributed by atoms with Crippen LogP contribution in [0.25, 0.3) is 16.6 Å². The summed E-state index contributed by atoms with van der Waals surface area (Å²) in [6.07, 6.45) is 0.913.